The smallest absolute Gasteiger partial charge is 0.330 e. The molecule has 0 saturated heterocycles. The van der Waals surface area contributed by atoms with Gasteiger partial charge >= 0.3 is 5.69 Å². The Morgan fingerprint density at radius 3 is 2.80 bits per heavy atom. The number of benzene rings is 1. The summed E-state index contributed by atoms with van der Waals surface area (Å²) in [6.45, 7) is 0. The summed E-state index contributed by atoms with van der Waals surface area (Å²) in [7, 11) is 1.54. The van der Waals surface area contributed by atoms with E-state index in [9.17, 15) is 4.79 Å². The number of hydrogen-bond donors (Lipinski definition) is 1. The van der Waals surface area contributed by atoms with Crippen LogP contribution in [0.25, 0.3) is 5.69 Å². The highest BCUT2D eigenvalue weighted by molar-refractivity contribution is 6.32. The van der Waals surface area contributed by atoms with E-state index in [4.69, 9.17) is 16.3 Å². The van der Waals surface area contributed by atoms with Crippen LogP contribution >= 0.6 is 11.6 Å². The topological polar surface area (TPSA) is 47.0 Å². The fraction of sp³-hybridized carbons (Fsp3) is 0.100. The van der Waals surface area contributed by atoms with Crippen molar-refractivity contribution < 1.29 is 4.74 Å². The van der Waals surface area contributed by atoms with Gasteiger partial charge in [-0.25, -0.2) is 4.79 Å². The van der Waals surface area contributed by atoms with Gasteiger partial charge in [-0.15, -0.1) is 0 Å². The van der Waals surface area contributed by atoms with Crippen molar-refractivity contribution in [1.29, 1.82) is 0 Å². The van der Waals surface area contributed by atoms with Crippen LogP contribution in [0.4, 0.5) is 0 Å². The zero-order valence-corrected chi connectivity index (χ0v) is 8.78. The number of aromatic amines is 1. The fourth-order valence-electron chi connectivity index (χ4n) is 1.33. The number of ether oxygens (including phenoxy) is 1. The number of methoxy groups -OCH3 is 1. The average Bonchev–Trinajstić information content (AvgIpc) is 2.64. The van der Waals surface area contributed by atoms with E-state index in [-0.39, 0.29) is 5.69 Å². The molecule has 0 atom stereocenters. The standard InChI is InChI=1S/C10H9ClN2O2/c1-15-9-3-2-7(6-8(9)11)13-5-4-12-10(13)14/h2-6H,1H3,(H,12,14). The highest BCUT2D eigenvalue weighted by Gasteiger charge is 2.04. The molecule has 0 amide bonds. The molecule has 4 nitrogen and oxygen atoms in total. The van der Waals surface area contributed by atoms with Gasteiger partial charge in [-0.2, -0.15) is 0 Å². The summed E-state index contributed by atoms with van der Waals surface area (Å²) < 4.78 is 6.48. The summed E-state index contributed by atoms with van der Waals surface area (Å²) in [6.07, 6.45) is 3.21. The summed E-state index contributed by atoms with van der Waals surface area (Å²) in [5, 5.41) is 0.475. The summed E-state index contributed by atoms with van der Waals surface area (Å²) >= 11 is 5.95. The molecule has 2 rings (SSSR count). The molecule has 2 aromatic rings. The van der Waals surface area contributed by atoms with Gasteiger partial charge in [0.1, 0.15) is 5.75 Å². The Balaban J connectivity index is 2.52. The Morgan fingerprint density at radius 1 is 1.47 bits per heavy atom. The molecular weight excluding hydrogens is 216 g/mol. The van der Waals surface area contributed by atoms with Gasteiger partial charge in [0, 0.05) is 12.4 Å². The minimum atomic E-state index is -0.198. The fourth-order valence-corrected chi connectivity index (χ4v) is 1.58. The van der Waals surface area contributed by atoms with Crippen LogP contribution in [0.5, 0.6) is 5.75 Å². The van der Waals surface area contributed by atoms with Gasteiger partial charge in [0.05, 0.1) is 17.8 Å². The van der Waals surface area contributed by atoms with Crippen molar-refractivity contribution in [2.24, 2.45) is 0 Å². The van der Waals surface area contributed by atoms with E-state index in [1.807, 2.05) is 0 Å². The molecular formula is C10H9ClN2O2. The van der Waals surface area contributed by atoms with Crippen LogP contribution in [0, 0.1) is 0 Å². The lowest BCUT2D eigenvalue weighted by molar-refractivity contribution is 0.415. The first-order valence-corrected chi connectivity index (χ1v) is 4.70. The summed E-state index contributed by atoms with van der Waals surface area (Å²) in [5.41, 5.74) is 0.503. The number of nitrogens with zero attached hydrogens (tertiary/aromatic N) is 1. The normalized spacial score (nSPS) is 10.3. The molecule has 1 N–H and O–H groups in total. The van der Waals surface area contributed by atoms with Crippen molar-refractivity contribution >= 4 is 11.6 Å². The van der Waals surface area contributed by atoms with Gasteiger partial charge < -0.3 is 9.72 Å². The zero-order valence-electron chi connectivity index (χ0n) is 8.03. The van der Waals surface area contributed by atoms with Gasteiger partial charge in [0.2, 0.25) is 0 Å². The van der Waals surface area contributed by atoms with E-state index in [1.54, 1.807) is 37.7 Å². The summed E-state index contributed by atoms with van der Waals surface area (Å²) in [6, 6.07) is 5.16. The monoisotopic (exact) mass is 224 g/mol. The van der Waals surface area contributed by atoms with E-state index in [2.05, 4.69) is 4.98 Å². The molecule has 0 aliphatic heterocycles. The van der Waals surface area contributed by atoms with Crippen LogP contribution in [-0.2, 0) is 0 Å². The van der Waals surface area contributed by atoms with Crippen LogP contribution in [0.15, 0.2) is 35.4 Å². The van der Waals surface area contributed by atoms with E-state index in [1.165, 1.54) is 4.57 Å². The molecule has 1 heterocycles. The molecule has 5 heteroatoms. The van der Waals surface area contributed by atoms with Crippen LogP contribution in [-0.4, -0.2) is 16.7 Å². The van der Waals surface area contributed by atoms with Gasteiger partial charge in [-0.05, 0) is 18.2 Å². The van der Waals surface area contributed by atoms with Gasteiger partial charge in [-0.1, -0.05) is 11.6 Å². The first-order valence-electron chi connectivity index (χ1n) is 4.32. The molecule has 0 unspecified atom stereocenters. The zero-order chi connectivity index (χ0) is 10.8. The van der Waals surface area contributed by atoms with E-state index in [0.717, 1.165) is 0 Å². The third-order valence-corrected chi connectivity index (χ3v) is 2.36. The van der Waals surface area contributed by atoms with Crippen LogP contribution in [0.1, 0.15) is 0 Å². The first-order chi connectivity index (χ1) is 7.22. The molecule has 1 aromatic heterocycles. The lowest BCUT2D eigenvalue weighted by Gasteiger charge is -2.05. The van der Waals surface area contributed by atoms with Crippen molar-refractivity contribution in [3.05, 3.63) is 46.1 Å². The SMILES string of the molecule is COc1ccc(-n2cc[nH]c2=O)cc1Cl. The molecule has 0 spiro atoms. The molecule has 0 bridgehead atoms. The number of rotatable bonds is 2. The highest BCUT2D eigenvalue weighted by atomic mass is 35.5. The maximum Gasteiger partial charge on any atom is 0.330 e. The average molecular weight is 225 g/mol. The Bertz CT molecular complexity index is 530. The number of H-pyrrole nitrogens is 1. The Hall–Kier alpha value is -1.68. The maximum absolute atomic E-state index is 11.3. The van der Waals surface area contributed by atoms with Crippen molar-refractivity contribution in [3.8, 4) is 11.4 Å². The minimum Gasteiger partial charge on any atom is -0.495 e. The molecule has 0 saturated carbocycles. The van der Waals surface area contributed by atoms with Crippen LogP contribution < -0.4 is 10.4 Å². The second-order valence-electron chi connectivity index (χ2n) is 2.95. The minimum absolute atomic E-state index is 0.198. The molecule has 0 fully saturated rings. The Morgan fingerprint density at radius 2 is 2.27 bits per heavy atom. The second-order valence-corrected chi connectivity index (χ2v) is 3.36. The molecule has 78 valence electrons. The van der Waals surface area contributed by atoms with Crippen molar-refractivity contribution in [1.82, 2.24) is 9.55 Å². The molecule has 0 aliphatic carbocycles. The quantitative estimate of drug-likeness (QED) is 0.846. The van der Waals surface area contributed by atoms with Crippen LogP contribution in [0.2, 0.25) is 5.02 Å². The second kappa shape index (κ2) is 3.82. The molecule has 1 aromatic carbocycles. The molecule has 0 aliphatic rings. The number of halogens is 1. The summed E-state index contributed by atoms with van der Waals surface area (Å²) in [4.78, 5) is 13.9. The third-order valence-electron chi connectivity index (χ3n) is 2.06. The number of hydrogen-bond acceptors (Lipinski definition) is 2. The van der Waals surface area contributed by atoms with Crippen LogP contribution in [0.3, 0.4) is 0 Å². The first kappa shape index (κ1) is 9.86. The lowest BCUT2D eigenvalue weighted by atomic mass is 10.3. The predicted molar refractivity (Wildman–Crippen MR) is 58.0 cm³/mol. The molecule has 0 radical (unpaired) electrons. The van der Waals surface area contributed by atoms with Crippen molar-refractivity contribution in [2.75, 3.05) is 7.11 Å². The predicted octanol–water partition coefficient (Wildman–Crippen LogP) is 1.83. The van der Waals surface area contributed by atoms with E-state index < -0.39 is 0 Å². The molecule has 15 heavy (non-hydrogen) atoms. The van der Waals surface area contributed by atoms with Gasteiger partial charge in [-0.3, -0.25) is 4.57 Å². The van der Waals surface area contributed by atoms with Crippen molar-refractivity contribution in [3.63, 3.8) is 0 Å². The Labute approximate surface area is 91.1 Å². The van der Waals surface area contributed by atoms with Gasteiger partial charge in [0.25, 0.3) is 0 Å². The maximum atomic E-state index is 11.3. The van der Waals surface area contributed by atoms with Gasteiger partial charge in [0.15, 0.2) is 0 Å². The third kappa shape index (κ3) is 1.76. The Kier molecular flexibility index (Phi) is 2.51. The lowest BCUT2D eigenvalue weighted by Crippen LogP contribution is -2.13. The van der Waals surface area contributed by atoms with Crippen molar-refractivity contribution in [2.45, 2.75) is 0 Å². The van der Waals surface area contributed by atoms with E-state index in [0.29, 0.717) is 16.5 Å². The largest absolute Gasteiger partial charge is 0.495 e. The highest BCUT2D eigenvalue weighted by Crippen LogP contribution is 2.25. The number of nitrogens with one attached hydrogen (secondary N) is 1. The summed E-state index contributed by atoms with van der Waals surface area (Å²) in [5.74, 6) is 0.587. The number of imidazole rings is 1. The van der Waals surface area contributed by atoms with E-state index >= 15 is 0 Å². The number of aromatic nitrogens is 2.